The summed E-state index contributed by atoms with van der Waals surface area (Å²) in [6.07, 6.45) is -0.0304. The van der Waals surface area contributed by atoms with E-state index in [1.165, 1.54) is 11.3 Å². The van der Waals surface area contributed by atoms with Gasteiger partial charge in [0.05, 0.1) is 12.1 Å². The van der Waals surface area contributed by atoms with Crippen molar-refractivity contribution in [3.8, 4) is 11.3 Å². The van der Waals surface area contributed by atoms with Crippen molar-refractivity contribution in [1.29, 1.82) is 0 Å². The van der Waals surface area contributed by atoms with Crippen LogP contribution in [0.5, 0.6) is 0 Å². The Morgan fingerprint density at radius 2 is 1.83 bits per heavy atom. The highest BCUT2D eigenvalue weighted by molar-refractivity contribution is 7.16. The largest absolute Gasteiger partial charge is 0.481 e. The zero-order valence-corrected chi connectivity index (χ0v) is 13.4. The van der Waals surface area contributed by atoms with Crippen molar-refractivity contribution in [1.82, 2.24) is 4.98 Å². The summed E-state index contributed by atoms with van der Waals surface area (Å²) in [5.74, 6) is -0.853. The fraction of sp³-hybridized carbons (Fsp3) is 0.111. The number of benzene rings is 2. The monoisotopic (exact) mass is 324 g/mol. The lowest BCUT2D eigenvalue weighted by atomic mass is 10.1. The number of para-hydroxylation sites is 1. The van der Waals surface area contributed by atoms with Crippen molar-refractivity contribution in [3.63, 3.8) is 0 Å². The van der Waals surface area contributed by atoms with E-state index in [2.05, 4.69) is 10.3 Å². The van der Waals surface area contributed by atoms with E-state index >= 15 is 0 Å². The number of nitrogens with one attached hydrogen (secondary N) is 1. The number of thiazole rings is 1. The second kappa shape index (κ2) is 6.62. The van der Waals surface area contributed by atoms with Crippen LogP contribution in [-0.4, -0.2) is 16.1 Å². The van der Waals surface area contributed by atoms with E-state index in [0.717, 1.165) is 27.4 Å². The predicted octanol–water partition coefficient (Wildman–Crippen LogP) is 4.49. The molecule has 0 saturated heterocycles. The summed E-state index contributed by atoms with van der Waals surface area (Å²) >= 11 is 1.38. The number of aliphatic carboxylic acids is 1. The number of aryl methyl sites for hydroxylation is 1. The molecule has 116 valence electrons. The first kappa shape index (κ1) is 15.2. The summed E-state index contributed by atoms with van der Waals surface area (Å²) in [6.45, 7) is 2.02. The second-order valence-corrected chi connectivity index (χ2v) is 6.25. The van der Waals surface area contributed by atoms with Crippen LogP contribution in [0.2, 0.25) is 0 Å². The van der Waals surface area contributed by atoms with E-state index < -0.39 is 5.97 Å². The molecule has 0 aliphatic carbocycles. The van der Waals surface area contributed by atoms with Crippen LogP contribution in [0.1, 0.15) is 10.4 Å². The van der Waals surface area contributed by atoms with Gasteiger partial charge in [0.2, 0.25) is 0 Å². The van der Waals surface area contributed by atoms with Crippen LogP contribution in [0, 0.1) is 6.92 Å². The fourth-order valence-electron chi connectivity index (χ4n) is 2.31. The standard InChI is InChI=1S/C18H16N2O2S/c1-12-7-5-6-10-14(12)19-18-20-17(13-8-3-2-4-9-13)15(23-18)11-16(21)22/h2-10H,11H2,1H3,(H,19,20)(H,21,22). The molecule has 1 heterocycles. The van der Waals surface area contributed by atoms with E-state index in [-0.39, 0.29) is 6.42 Å². The molecule has 3 aromatic rings. The zero-order chi connectivity index (χ0) is 16.2. The van der Waals surface area contributed by atoms with E-state index in [1.54, 1.807) is 0 Å². The lowest BCUT2D eigenvalue weighted by molar-refractivity contribution is -0.136. The molecule has 4 nitrogen and oxygen atoms in total. The number of nitrogens with zero attached hydrogens (tertiary/aromatic N) is 1. The number of hydrogen-bond acceptors (Lipinski definition) is 4. The quantitative estimate of drug-likeness (QED) is 0.726. The molecule has 0 saturated carbocycles. The topological polar surface area (TPSA) is 62.2 Å². The average molecular weight is 324 g/mol. The molecule has 2 aromatic carbocycles. The maximum Gasteiger partial charge on any atom is 0.308 e. The van der Waals surface area contributed by atoms with Crippen molar-refractivity contribution < 1.29 is 9.90 Å². The SMILES string of the molecule is Cc1ccccc1Nc1nc(-c2ccccc2)c(CC(=O)O)s1. The number of anilines is 2. The Morgan fingerprint density at radius 3 is 2.52 bits per heavy atom. The van der Waals surface area contributed by atoms with E-state index in [4.69, 9.17) is 5.11 Å². The minimum atomic E-state index is -0.853. The first-order chi connectivity index (χ1) is 11.1. The van der Waals surface area contributed by atoms with Crippen LogP contribution >= 0.6 is 11.3 Å². The molecular formula is C18H16N2O2S. The average Bonchev–Trinajstić information content (AvgIpc) is 2.92. The van der Waals surface area contributed by atoms with Crippen LogP contribution in [-0.2, 0) is 11.2 Å². The van der Waals surface area contributed by atoms with Gasteiger partial charge in [-0.1, -0.05) is 48.5 Å². The molecule has 23 heavy (non-hydrogen) atoms. The zero-order valence-electron chi connectivity index (χ0n) is 12.6. The molecule has 0 bridgehead atoms. The Labute approximate surface area is 138 Å². The van der Waals surface area contributed by atoms with E-state index in [1.807, 2.05) is 61.5 Å². The fourth-order valence-corrected chi connectivity index (χ4v) is 3.30. The van der Waals surface area contributed by atoms with Crippen LogP contribution in [0.25, 0.3) is 11.3 Å². The molecule has 2 N–H and O–H groups in total. The Balaban J connectivity index is 1.98. The molecule has 3 rings (SSSR count). The molecule has 0 radical (unpaired) electrons. The minimum Gasteiger partial charge on any atom is -0.481 e. The molecule has 0 unspecified atom stereocenters. The maximum atomic E-state index is 11.1. The Morgan fingerprint density at radius 1 is 1.13 bits per heavy atom. The van der Waals surface area contributed by atoms with Crippen molar-refractivity contribution in [2.24, 2.45) is 0 Å². The first-order valence-electron chi connectivity index (χ1n) is 7.23. The molecule has 5 heteroatoms. The number of aromatic nitrogens is 1. The van der Waals surface area contributed by atoms with Crippen molar-refractivity contribution in [2.75, 3.05) is 5.32 Å². The van der Waals surface area contributed by atoms with Crippen LogP contribution in [0.4, 0.5) is 10.8 Å². The molecule has 0 atom stereocenters. The third-order valence-corrected chi connectivity index (χ3v) is 4.41. The normalized spacial score (nSPS) is 10.5. The van der Waals surface area contributed by atoms with Crippen molar-refractivity contribution in [3.05, 3.63) is 65.0 Å². The van der Waals surface area contributed by atoms with Gasteiger partial charge in [-0.25, -0.2) is 4.98 Å². The molecule has 1 aromatic heterocycles. The summed E-state index contributed by atoms with van der Waals surface area (Å²) < 4.78 is 0. The molecule has 0 fully saturated rings. The summed E-state index contributed by atoms with van der Waals surface area (Å²) in [7, 11) is 0. The summed E-state index contributed by atoms with van der Waals surface area (Å²) in [6, 6.07) is 17.6. The highest BCUT2D eigenvalue weighted by Gasteiger charge is 2.16. The van der Waals surface area contributed by atoms with E-state index in [9.17, 15) is 4.79 Å². The van der Waals surface area contributed by atoms with Gasteiger partial charge in [-0.2, -0.15) is 0 Å². The summed E-state index contributed by atoms with van der Waals surface area (Å²) in [5.41, 5.74) is 3.75. The third-order valence-electron chi connectivity index (χ3n) is 3.44. The third kappa shape index (κ3) is 3.57. The summed E-state index contributed by atoms with van der Waals surface area (Å²) in [5, 5.41) is 13.1. The predicted molar refractivity (Wildman–Crippen MR) is 93.4 cm³/mol. The van der Waals surface area contributed by atoms with Gasteiger partial charge in [0, 0.05) is 16.1 Å². The Kier molecular flexibility index (Phi) is 4.39. The molecule has 0 spiro atoms. The Bertz CT molecular complexity index is 828. The van der Waals surface area contributed by atoms with Crippen LogP contribution in [0.3, 0.4) is 0 Å². The van der Waals surface area contributed by atoms with Gasteiger partial charge in [0.15, 0.2) is 5.13 Å². The number of hydrogen-bond donors (Lipinski definition) is 2. The number of carboxylic acid groups (broad SMARTS) is 1. The minimum absolute atomic E-state index is 0.0304. The lowest BCUT2D eigenvalue weighted by Gasteiger charge is -2.05. The first-order valence-corrected chi connectivity index (χ1v) is 8.04. The second-order valence-electron chi connectivity index (χ2n) is 5.17. The molecule has 0 aliphatic heterocycles. The molecular weight excluding hydrogens is 308 g/mol. The van der Waals surface area contributed by atoms with Crippen LogP contribution in [0.15, 0.2) is 54.6 Å². The maximum absolute atomic E-state index is 11.1. The Hall–Kier alpha value is -2.66. The van der Waals surface area contributed by atoms with Crippen LogP contribution < -0.4 is 5.32 Å². The van der Waals surface area contributed by atoms with Gasteiger partial charge in [0.1, 0.15) is 0 Å². The van der Waals surface area contributed by atoms with Gasteiger partial charge < -0.3 is 10.4 Å². The number of rotatable bonds is 5. The highest BCUT2D eigenvalue weighted by atomic mass is 32.1. The number of carbonyl (C=O) groups is 1. The van der Waals surface area contributed by atoms with Gasteiger partial charge in [-0.15, -0.1) is 11.3 Å². The molecule has 0 aliphatic rings. The van der Waals surface area contributed by atoms with Gasteiger partial charge >= 0.3 is 5.97 Å². The smallest absolute Gasteiger partial charge is 0.308 e. The summed E-state index contributed by atoms with van der Waals surface area (Å²) in [4.78, 5) is 16.5. The lowest BCUT2D eigenvalue weighted by Crippen LogP contribution is -1.99. The number of carboxylic acids is 1. The van der Waals surface area contributed by atoms with Gasteiger partial charge in [-0.05, 0) is 18.6 Å². The molecule has 0 amide bonds. The van der Waals surface area contributed by atoms with Gasteiger partial charge in [0.25, 0.3) is 0 Å². The van der Waals surface area contributed by atoms with E-state index in [0.29, 0.717) is 5.13 Å². The van der Waals surface area contributed by atoms with Gasteiger partial charge in [-0.3, -0.25) is 4.79 Å². The van der Waals surface area contributed by atoms with Crippen molar-refractivity contribution >= 4 is 28.1 Å². The van der Waals surface area contributed by atoms with Crippen molar-refractivity contribution in [2.45, 2.75) is 13.3 Å². The highest BCUT2D eigenvalue weighted by Crippen LogP contribution is 2.33.